The van der Waals surface area contributed by atoms with E-state index >= 15 is 0 Å². The van der Waals surface area contributed by atoms with Crippen LogP contribution in [0.5, 0.6) is 0 Å². The minimum Gasteiger partial charge on any atom is -0.466 e. The predicted octanol–water partition coefficient (Wildman–Crippen LogP) is 0.339. The number of esters is 1. The zero-order valence-electron chi connectivity index (χ0n) is 13.5. The molecule has 0 bridgehead atoms. The van der Waals surface area contributed by atoms with Crippen LogP contribution in [-0.2, 0) is 15.1 Å². The van der Waals surface area contributed by atoms with Crippen LogP contribution in [0.15, 0.2) is 33.9 Å². The summed E-state index contributed by atoms with van der Waals surface area (Å²) in [6, 6.07) is 5.81. The number of carbonyl (C=O) groups excluding carboxylic acids is 1. The van der Waals surface area contributed by atoms with Crippen molar-refractivity contribution in [1.82, 2.24) is 9.55 Å². The van der Waals surface area contributed by atoms with Crippen molar-refractivity contribution in [2.45, 2.75) is 18.7 Å². The van der Waals surface area contributed by atoms with Gasteiger partial charge in [0.1, 0.15) is 11.4 Å². The molecule has 0 saturated carbocycles. The molecule has 0 radical (unpaired) electrons. The number of hydrogen-bond acceptors (Lipinski definition) is 6. The summed E-state index contributed by atoms with van der Waals surface area (Å²) in [5.41, 5.74) is -2.32. The van der Waals surface area contributed by atoms with Gasteiger partial charge in [-0.25, -0.2) is 14.2 Å². The lowest BCUT2D eigenvalue weighted by atomic mass is 9.94. The number of aliphatic hydroxyl groups is 1. The number of benzene rings is 1. The number of aromatic nitrogens is 2. The van der Waals surface area contributed by atoms with E-state index in [1.54, 1.807) is 24.0 Å². The predicted molar refractivity (Wildman–Crippen MR) is 83.8 cm³/mol. The van der Waals surface area contributed by atoms with E-state index in [0.717, 1.165) is 5.56 Å². The number of alkyl halides is 3. The Kier molecular flexibility index (Phi) is 4.69. The molecule has 1 aromatic carbocycles. The molecule has 0 fully saturated rings. The Morgan fingerprint density at radius 3 is 2.23 bits per heavy atom. The van der Waals surface area contributed by atoms with Crippen molar-refractivity contribution in [2.75, 3.05) is 12.8 Å². The first-order valence-electron chi connectivity index (χ1n) is 7.05. The molecule has 2 rings (SSSR count). The maximum absolute atomic E-state index is 13.4. The van der Waals surface area contributed by atoms with Gasteiger partial charge in [0.25, 0.3) is 11.2 Å². The standard InChI is InChI=1S/C15H14F3N3O5/c1-7-3-5-8(6-4-7)21-10(19)9(11(22)20-13(21)24)14(25,12(23)26-2)15(16,17)18/h3-6,25H,19H2,1-2H3,(H,20,22,24). The zero-order valence-corrected chi connectivity index (χ0v) is 13.5. The largest absolute Gasteiger partial charge is 0.466 e. The Bertz CT molecular complexity index is 962. The van der Waals surface area contributed by atoms with Crippen molar-refractivity contribution in [3.63, 3.8) is 0 Å². The van der Waals surface area contributed by atoms with E-state index in [0.29, 0.717) is 11.7 Å². The summed E-state index contributed by atoms with van der Waals surface area (Å²) in [7, 11) is 0.597. The van der Waals surface area contributed by atoms with E-state index in [1.165, 1.54) is 12.1 Å². The summed E-state index contributed by atoms with van der Waals surface area (Å²) < 4.78 is 44.8. The number of methoxy groups -OCH3 is 1. The van der Waals surface area contributed by atoms with Gasteiger partial charge in [0.05, 0.1) is 12.8 Å². The molecule has 4 N–H and O–H groups in total. The Hall–Kier alpha value is -3.08. The fourth-order valence-electron chi connectivity index (χ4n) is 2.36. The van der Waals surface area contributed by atoms with E-state index in [9.17, 15) is 32.7 Å². The Morgan fingerprint density at radius 1 is 1.23 bits per heavy atom. The molecular weight excluding hydrogens is 359 g/mol. The molecule has 1 heterocycles. The first-order chi connectivity index (χ1) is 11.9. The minimum atomic E-state index is -5.64. The molecule has 11 heteroatoms. The average Bonchev–Trinajstić information content (AvgIpc) is 2.54. The number of nitrogen functional groups attached to an aromatic ring is 1. The Morgan fingerprint density at radius 2 is 1.77 bits per heavy atom. The van der Waals surface area contributed by atoms with Crippen molar-refractivity contribution in [2.24, 2.45) is 0 Å². The topological polar surface area (TPSA) is 127 Å². The second kappa shape index (κ2) is 6.33. The lowest BCUT2D eigenvalue weighted by Crippen LogP contribution is -2.54. The first kappa shape index (κ1) is 19.2. The van der Waals surface area contributed by atoms with Crippen LogP contribution in [0.25, 0.3) is 5.69 Å². The van der Waals surface area contributed by atoms with Gasteiger partial charge in [0.2, 0.25) is 0 Å². The Balaban J connectivity index is 2.92. The van der Waals surface area contributed by atoms with Gasteiger partial charge in [-0.2, -0.15) is 13.2 Å². The lowest BCUT2D eigenvalue weighted by molar-refractivity contribution is -0.267. The third kappa shape index (κ3) is 2.86. The molecule has 0 spiro atoms. The summed E-state index contributed by atoms with van der Waals surface area (Å²) in [4.78, 5) is 37.4. The number of hydrogen-bond donors (Lipinski definition) is 3. The number of carbonyl (C=O) groups is 1. The van der Waals surface area contributed by atoms with Crippen LogP contribution >= 0.6 is 0 Å². The van der Waals surface area contributed by atoms with Crippen molar-refractivity contribution < 1.29 is 27.8 Å². The molecule has 26 heavy (non-hydrogen) atoms. The normalized spacial score (nSPS) is 13.9. The maximum Gasteiger partial charge on any atom is 0.432 e. The lowest BCUT2D eigenvalue weighted by Gasteiger charge is -2.28. The van der Waals surface area contributed by atoms with E-state index in [1.807, 2.05) is 0 Å². The number of nitrogens with two attached hydrogens (primary N) is 1. The minimum absolute atomic E-state index is 0.0185. The molecule has 1 unspecified atom stereocenters. The highest BCUT2D eigenvalue weighted by Gasteiger charge is 2.64. The van der Waals surface area contributed by atoms with Gasteiger partial charge in [-0.15, -0.1) is 0 Å². The number of rotatable bonds is 3. The van der Waals surface area contributed by atoms with Gasteiger partial charge in [0, 0.05) is 0 Å². The summed E-state index contributed by atoms with van der Waals surface area (Å²) in [5.74, 6) is -3.22. The van der Waals surface area contributed by atoms with Crippen LogP contribution in [-0.4, -0.2) is 33.9 Å². The monoisotopic (exact) mass is 373 g/mol. The molecule has 1 aromatic heterocycles. The van der Waals surface area contributed by atoms with Crippen molar-refractivity contribution >= 4 is 11.8 Å². The van der Waals surface area contributed by atoms with Crippen molar-refractivity contribution in [3.05, 3.63) is 56.2 Å². The van der Waals surface area contributed by atoms with Crippen LogP contribution in [0.1, 0.15) is 11.1 Å². The maximum atomic E-state index is 13.4. The fourth-order valence-corrected chi connectivity index (χ4v) is 2.36. The number of anilines is 1. The van der Waals surface area contributed by atoms with Crippen LogP contribution < -0.4 is 17.0 Å². The number of halogens is 3. The second-order valence-electron chi connectivity index (χ2n) is 5.39. The third-order valence-corrected chi connectivity index (χ3v) is 3.69. The van der Waals surface area contributed by atoms with E-state index in [2.05, 4.69) is 4.74 Å². The highest BCUT2D eigenvalue weighted by molar-refractivity contribution is 5.83. The number of nitrogens with one attached hydrogen (secondary N) is 1. The molecule has 2 aromatic rings. The summed E-state index contributed by atoms with van der Waals surface area (Å²) in [5, 5.41) is 10.0. The first-order valence-corrected chi connectivity index (χ1v) is 7.05. The third-order valence-electron chi connectivity index (χ3n) is 3.69. The number of H-pyrrole nitrogens is 1. The molecule has 0 amide bonds. The molecule has 140 valence electrons. The van der Waals surface area contributed by atoms with E-state index < -0.39 is 40.4 Å². The molecule has 0 aliphatic carbocycles. The van der Waals surface area contributed by atoms with Gasteiger partial charge < -0.3 is 15.6 Å². The van der Waals surface area contributed by atoms with Crippen molar-refractivity contribution in [3.8, 4) is 5.69 Å². The highest BCUT2D eigenvalue weighted by Crippen LogP contribution is 2.40. The number of aromatic amines is 1. The number of ether oxygens (including phenoxy) is 1. The highest BCUT2D eigenvalue weighted by atomic mass is 19.4. The molecule has 8 nitrogen and oxygen atoms in total. The zero-order chi connectivity index (χ0) is 19.9. The van der Waals surface area contributed by atoms with Crippen LogP contribution in [0.2, 0.25) is 0 Å². The second-order valence-corrected chi connectivity index (χ2v) is 5.39. The Labute approximate surface area is 143 Å². The molecule has 1 atom stereocenters. The number of aryl methyl sites for hydroxylation is 1. The van der Waals surface area contributed by atoms with Gasteiger partial charge in [-0.1, -0.05) is 17.7 Å². The van der Waals surface area contributed by atoms with Gasteiger partial charge in [0.15, 0.2) is 0 Å². The van der Waals surface area contributed by atoms with Gasteiger partial charge in [-0.05, 0) is 19.1 Å². The van der Waals surface area contributed by atoms with Gasteiger partial charge in [-0.3, -0.25) is 9.78 Å². The fraction of sp³-hybridized carbons (Fsp3) is 0.267. The van der Waals surface area contributed by atoms with Crippen LogP contribution in [0.3, 0.4) is 0 Å². The number of nitrogens with zero attached hydrogens (tertiary/aromatic N) is 1. The van der Waals surface area contributed by atoms with E-state index in [4.69, 9.17) is 5.73 Å². The quantitative estimate of drug-likeness (QED) is 0.666. The molecule has 0 aliphatic rings. The summed E-state index contributed by atoms with van der Waals surface area (Å²) >= 11 is 0. The summed E-state index contributed by atoms with van der Waals surface area (Å²) in [6.07, 6.45) is -5.64. The molecular formula is C15H14F3N3O5. The average molecular weight is 373 g/mol. The molecule has 0 aliphatic heterocycles. The van der Waals surface area contributed by atoms with Crippen LogP contribution in [0.4, 0.5) is 19.0 Å². The SMILES string of the molecule is COC(=O)C(O)(c1c(N)n(-c2ccc(C)cc2)c(=O)[nH]c1=O)C(F)(F)F. The van der Waals surface area contributed by atoms with E-state index in [-0.39, 0.29) is 5.69 Å². The summed E-state index contributed by atoms with van der Waals surface area (Å²) in [6.45, 7) is 1.73. The van der Waals surface area contributed by atoms with Crippen molar-refractivity contribution in [1.29, 1.82) is 0 Å². The smallest absolute Gasteiger partial charge is 0.432 e. The molecule has 0 saturated heterocycles. The van der Waals surface area contributed by atoms with Crippen LogP contribution in [0, 0.1) is 6.92 Å². The van der Waals surface area contributed by atoms with Gasteiger partial charge >= 0.3 is 17.8 Å².